The first-order valence-corrected chi connectivity index (χ1v) is 8.18. The highest BCUT2D eigenvalue weighted by Gasteiger charge is 2.28. The number of likely N-dealkylation sites (tertiary alicyclic amines) is 1. The molecule has 1 aromatic rings. The summed E-state index contributed by atoms with van der Waals surface area (Å²) >= 11 is 1.86. The second-order valence-electron chi connectivity index (χ2n) is 5.31. The molecule has 0 spiro atoms. The Bertz CT molecular complexity index is 323. The molecule has 18 heavy (non-hydrogen) atoms. The first-order valence-electron chi connectivity index (χ1n) is 7.30. The first-order chi connectivity index (χ1) is 8.81. The number of hydrogen-bond donors (Lipinski definition) is 1. The molecule has 1 N–H and O–H groups in total. The Labute approximate surface area is 115 Å². The zero-order chi connectivity index (χ0) is 12.8. The van der Waals surface area contributed by atoms with Crippen LogP contribution in [0.15, 0.2) is 17.5 Å². The quantitative estimate of drug-likeness (QED) is 0.763. The van der Waals surface area contributed by atoms with Gasteiger partial charge in [-0.15, -0.1) is 11.3 Å². The zero-order valence-electron chi connectivity index (χ0n) is 11.7. The van der Waals surface area contributed by atoms with Gasteiger partial charge < -0.3 is 5.32 Å². The minimum atomic E-state index is 0.786. The minimum Gasteiger partial charge on any atom is -0.315 e. The van der Waals surface area contributed by atoms with Crippen molar-refractivity contribution in [3.05, 3.63) is 22.4 Å². The molecule has 2 heterocycles. The van der Waals surface area contributed by atoms with Crippen LogP contribution in [0, 0.1) is 0 Å². The molecule has 0 aliphatic carbocycles. The highest BCUT2D eigenvalue weighted by atomic mass is 32.1. The van der Waals surface area contributed by atoms with Crippen LogP contribution in [0.3, 0.4) is 0 Å². The Morgan fingerprint density at radius 2 is 2.28 bits per heavy atom. The van der Waals surface area contributed by atoms with Gasteiger partial charge in [-0.3, -0.25) is 4.90 Å². The van der Waals surface area contributed by atoms with Gasteiger partial charge in [-0.2, -0.15) is 0 Å². The van der Waals surface area contributed by atoms with E-state index in [4.69, 9.17) is 0 Å². The van der Waals surface area contributed by atoms with Crippen LogP contribution in [0.25, 0.3) is 0 Å². The standard InChI is InChI=1S/C15H26N2S/c1-3-14-7-6-13(2)17(14)11-10-16-9-8-15-5-4-12-18-15/h4-5,12-14,16H,3,6-11H2,1-2H3. The predicted molar refractivity (Wildman–Crippen MR) is 80.4 cm³/mol. The average Bonchev–Trinajstić information content (AvgIpc) is 2.99. The Kier molecular flexibility index (Phi) is 5.67. The summed E-state index contributed by atoms with van der Waals surface area (Å²) in [6.07, 6.45) is 5.25. The molecule has 3 heteroatoms. The highest BCUT2D eigenvalue weighted by molar-refractivity contribution is 7.09. The van der Waals surface area contributed by atoms with Crippen LogP contribution in [0.5, 0.6) is 0 Å². The molecule has 0 aromatic carbocycles. The van der Waals surface area contributed by atoms with Gasteiger partial charge in [-0.25, -0.2) is 0 Å². The summed E-state index contributed by atoms with van der Waals surface area (Å²) < 4.78 is 0. The smallest absolute Gasteiger partial charge is 0.0113 e. The van der Waals surface area contributed by atoms with E-state index in [9.17, 15) is 0 Å². The van der Waals surface area contributed by atoms with Crippen LogP contribution in [0.1, 0.15) is 38.0 Å². The van der Waals surface area contributed by atoms with Crippen molar-refractivity contribution in [2.45, 2.75) is 51.6 Å². The Balaban J connectivity index is 1.60. The topological polar surface area (TPSA) is 15.3 Å². The lowest BCUT2D eigenvalue weighted by Crippen LogP contribution is -2.39. The van der Waals surface area contributed by atoms with Crippen molar-refractivity contribution in [2.24, 2.45) is 0 Å². The van der Waals surface area contributed by atoms with Crippen LogP contribution in [-0.4, -0.2) is 36.6 Å². The van der Waals surface area contributed by atoms with Crippen LogP contribution in [-0.2, 0) is 6.42 Å². The third-order valence-corrected chi connectivity index (χ3v) is 5.04. The van der Waals surface area contributed by atoms with Crippen molar-refractivity contribution in [2.75, 3.05) is 19.6 Å². The normalized spacial score (nSPS) is 24.8. The summed E-state index contributed by atoms with van der Waals surface area (Å²) in [5.74, 6) is 0. The third kappa shape index (κ3) is 3.81. The molecule has 2 rings (SSSR count). The van der Waals surface area contributed by atoms with Crippen LogP contribution < -0.4 is 5.32 Å². The molecule has 0 bridgehead atoms. The van der Waals surface area contributed by atoms with Crippen molar-refractivity contribution >= 4 is 11.3 Å². The van der Waals surface area contributed by atoms with E-state index in [1.165, 1.54) is 37.1 Å². The van der Waals surface area contributed by atoms with Gasteiger partial charge in [0.15, 0.2) is 0 Å². The second-order valence-corrected chi connectivity index (χ2v) is 6.34. The van der Waals surface area contributed by atoms with E-state index >= 15 is 0 Å². The summed E-state index contributed by atoms with van der Waals surface area (Å²) in [4.78, 5) is 4.18. The van der Waals surface area contributed by atoms with Gasteiger partial charge in [0.25, 0.3) is 0 Å². The van der Waals surface area contributed by atoms with E-state index in [1.807, 2.05) is 11.3 Å². The molecule has 0 radical (unpaired) electrons. The number of thiophene rings is 1. The van der Waals surface area contributed by atoms with Gasteiger partial charge in [-0.05, 0) is 44.1 Å². The van der Waals surface area contributed by atoms with E-state index in [1.54, 1.807) is 0 Å². The van der Waals surface area contributed by atoms with Crippen molar-refractivity contribution in [3.63, 3.8) is 0 Å². The van der Waals surface area contributed by atoms with Gasteiger partial charge in [0.1, 0.15) is 0 Å². The lowest BCUT2D eigenvalue weighted by molar-refractivity contribution is 0.199. The minimum absolute atomic E-state index is 0.786. The van der Waals surface area contributed by atoms with Gasteiger partial charge in [0.05, 0.1) is 0 Å². The van der Waals surface area contributed by atoms with Crippen molar-refractivity contribution in [3.8, 4) is 0 Å². The third-order valence-electron chi connectivity index (χ3n) is 4.10. The number of nitrogens with zero attached hydrogens (tertiary/aromatic N) is 1. The Hall–Kier alpha value is -0.380. The van der Waals surface area contributed by atoms with Crippen molar-refractivity contribution in [1.29, 1.82) is 0 Å². The van der Waals surface area contributed by atoms with Crippen molar-refractivity contribution < 1.29 is 0 Å². The van der Waals surface area contributed by atoms with E-state index in [-0.39, 0.29) is 0 Å². The monoisotopic (exact) mass is 266 g/mol. The fourth-order valence-electron chi connectivity index (χ4n) is 2.97. The van der Waals surface area contributed by atoms with E-state index in [0.717, 1.165) is 25.2 Å². The molecular formula is C15H26N2S. The molecule has 1 aliphatic rings. The Morgan fingerprint density at radius 3 is 3.00 bits per heavy atom. The number of nitrogens with one attached hydrogen (secondary N) is 1. The van der Waals surface area contributed by atoms with Gasteiger partial charge in [0.2, 0.25) is 0 Å². The molecule has 1 saturated heterocycles. The molecule has 0 saturated carbocycles. The molecule has 2 unspecified atom stereocenters. The number of rotatable bonds is 7. The molecule has 1 fully saturated rings. The maximum absolute atomic E-state index is 3.58. The molecule has 1 aromatic heterocycles. The summed E-state index contributed by atoms with van der Waals surface area (Å²) in [7, 11) is 0. The van der Waals surface area contributed by atoms with Crippen molar-refractivity contribution in [1.82, 2.24) is 10.2 Å². The van der Waals surface area contributed by atoms with Gasteiger partial charge in [-0.1, -0.05) is 13.0 Å². The first kappa shape index (κ1) is 14.0. The molecule has 102 valence electrons. The lowest BCUT2D eigenvalue weighted by Gasteiger charge is -2.27. The van der Waals surface area contributed by atoms with Crippen LogP contribution in [0.4, 0.5) is 0 Å². The lowest BCUT2D eigenvalue weighted by atomic mass is 10.1. The van der Waals surface area contributed by atoms with Gasteiger partial charge in [0, 0.05) is 36.6 Å². The van der Waals surface area contributed by atoms with E-state index in [0.29, 0.717) is 0 Å². The molecule has 0 amide bonds. The zero-order valence-corrected chi connectivity index (χ0v) is 12.5. The van der Waals surface area contributed by atoms with Gasteiger partial charge >= 0.3 is 0 Å². The summed E-state index contributed by atoms with van der Waals surface area (Å²) in [6.45, 7) is 8.15. The second kappa shape index (κ2) is 7.27. The largest absolute Gasteiger partial charge is 0.315 e. The molecule has 2 atom stereocenters. The molecular weight excluding hydrogens is 240 g/mol. The van der Waals surface area contributed by atoms with E-state index in [2.05, 4.69) is 41.6 Å². The maximum Gasteiger partial charge on any atom is 0.0113 e. The van der Waals surface area contributed by atoms with E-state index < -0.39 is 0 Å². The molecule has 2 nitrogen and oxygen atoms in total. The maximum atomic E-state index is 3.58. The summed E-state index contributed by atoms with van der Waals surface area (Å²) in [5.41, 5.74) is 0. The SMILES string of the molecule is CCC1CCC(C)N1CCNCCc1cccs1. The fourth-order valence-corrected chi connectivity index (χ4v) is 3.68. The summed E-state index contributed by atoms with van der Waals surface area (Å²) in [6, 6.07) is 5.98. The number of hydrogen-bond acceptors (Lipinski definition) is 3. The molecule has 1 aliphatic heterocycles. The summed E-state index contributed by atoms with van der Waals surface area (Å²) in [5, 5.41) is 5.74. The average molecular weight is 266 g/mol. The van der Waals surface area contributed by atoms with Crippen LogP contribution >= 0.6 is 11.3 Å². The Morgan fingerprint density at radius 1 is 1.39 bits per heavy atom. The predicted octanol–water partition coefficient (Wildman–Crippen LogP) is 3.14. The van der Waals surface area contributed by atoms with Crippen LogP contribution in [0.2, 0.25) is 0 Å². The highest BCUT2D eigenvalue weighted by Crippen LogP contribution is 2.24. The fraction of sp³-hybridized carbons (Fsp3) is 0.733.